The van der Waals surface area contributed by atoms with Crippen molar-refractivity contribution in [2.75, 3.05) is 5.75 Å². The highest BCUT2D eigenvalue weighted by molar-refractivity contribution is 7.99. The van der Waals surface area contributed by atoms with Crippen LogP contribution in [-0.4, -0.2) is 50.0 Å². The maximum Gasteiger partial charge on any atom is 0.316 e. The first-order valence-electron chi connectivity index (χ1n) is 13.5. The van der Waals surface area contributed by atoms with Crippen LogP contribution in [0, 0.1) is 34.0 Å². The van der Waals surface area contributed by atoms with E-state index >= 15 is 0 Å². The zero-order valence-electron chi connectivity index (χ0n) is 22.6. The standard InChI is InChI=1S/C29H37N3O5S/c1-6-27(4)15-21(36-22(34)16-38-26-32-31-25(37-26)19-9-13-30-14-10-19)28(5)17(2)7-11-29(18(3)24(27)35)12-8-20(33)23(28)29/h6,9-10,13-14,17-18,21,23-24,35H,1,7-8,11-12,15-16H2,2-5H3/t17-,18+,21-,23+,24+,27-,28+,29+/m1/s1. The highest BCUT2D eigenvalue weighted by Crippen LogP contribution is 2.68. The number of pyridine rings is 1. The Morgan fingerprint density at radius 3 is 2.71 bits per heavy atom. The third kappa shape index (κ3) is 4.22. The van der Waals surface area contributed by atoms with Crippen LogP contribution in [-0.2, 0) is 14.3 Å². The number of aromatic nitrogens is 3. The van der Waals surface area contributed by atoms with E-state index in [1.165, 1.54) is 0 Å². The van der Waals surface area contributed by atoms with E-state index in [-0.39, 0.29) is 39.9 Å². The van der Waals surface area contributed by atoms with Crippen molar-refractivity contribution in [2.45, 2.75) is 77.2 Å². The van der Waals surface area contributed by atoms with Gasteiger partial charge in [-0.05, 0) is 55.1 Å². The summed E-state index contributed by atoms with van der Waals surface area (Å²) in [6.07, 6.45) is 7.40. The van der Waals surface area contributed by atoms with E-state index in [1.807, 2.05) is 6.92 Å². The highest BCUT2D eigenvalue weighted by atomic mass is 32.2. The normalized spacial score (nSPS) is 38.7. The van der Waals surface area contributed by atoms with E-state index < -0.39 is 29.0 Å². The van der Waals surface area contributed by atoms with Crippen molar-refractivity contribution in [3.8, 4) is 11.5 Å². The molecule has 0 aromatic carbocycles. The molecule has 2 heterocycles. The summed E-state index contributed by atoms with van der Waals surface area (Å²) in [4.78, 5) is 30.8. The number of hydrogen-bond donors (Lipinski definition) is 1. The minimum absolute atomic E-state index is 0.00748. The van der Waals surface area contributed by atoms with Crippen molar-refractivity contribution in [3.63, 3.8) is 0 Å². The fraction of sp³-hybridized carbons (Fsp3) is 0.621. The largest absolute Gasteiger partial charge is 0.461 e. The van der Waals surface area contributed by atoms with Gasteiger partial charge in [-0.3, -0.25) is 14.6 Å². The van der Waals surface area contributed by atoms with Crippen LogP contribution in [0.25, 0.3) is 11.5 Å². The molecule has 3 fully saturated rings. The van der Waals surface area contributed by atoms with Gasteiger partial charge in [0.1, 0.15) is 17.6 Å². The van der Waals surface area contributed by atoms with Gasteiger partial charge in [0.15, 0.2) is 0 Å². The molecule has 8 atom stereocenters. The van der Waals surface area contributed by atoms with Crippen molar-refractivity contribution >= 4 is 23.5 Å². The molecule has 0 amide bonds. The van der Waals surface area contributed by atoms with E-state index in [0.29, 0.717) is 18.7 Å². The smallest absolute Gasteiger partial charge is 0.316 e. The van der Waals surface area contributed by atoms with Crippen LogP contribution in [0.4, 0.5) is 0 Å². The Kier molecular flexibility index (Phi) is 7.05. The lowest BCUT2D eigenvalue weighted by Crippen LogP contribution is -2.63. The third-order valence-electron chi connectivity index (χ3n) is 10.2. The van der Waals surface area contributed by atoms with Crippen LogP contribution in [0.2, 0.25) is 0 Å². The molecule has 0 radical (unpaired) electrons. The molecule has 204 valence electrons. The second kappa shape index (κ2) is 9.90. The van der Waals surface area contributed by atoms with E-state index in [4.69, 9.17) is 9.15 Å². The van der Waals surface area contributed by atoms with Gasteiger partial charge < -0.3 is 14.3 Å². The van der Waals surface area contributed by atoms with E-state index in [2.05, 4.69) is 42.5 Å². The quantitative estimate of drug-likeness (QED) is 0.303. The molecule has 38 heavy (non-hydrogen) atoms. The number of thioether (sulfide) groups is 1. The third-order valence-corrected chi connectivity index (χ3v) is 11.0. The summed E-state index contributed by atoms with van der Waals surface area (Å²) in [5.74, 6) is 0.0526. The van der Waals surface area contributed by atoms with Gasteiger partial charge in [-0.15, -0.1) is 16.8 Å². The number of Topliss-reactive ketones (excluding diaryl/α,β-unsaturated/α-hetero) is 1. The second-order valence-corrected chi connectivity index (χ2v) is 12.9. The second-order valence-electron chi connectivity index (χ2n) is 12.0. The number of ether oxygens (including phenoxy) is 1. The van der Waals surface area contributed by atoms with Crippen LogP contribution in [0.1, 0.15) is 59.8 Å². The van der Waals surface area contributed by atoms with Crippen molar-refractivity contribution in [2.24, 2.45) is 34.0 Å². The number of aliphatic hydroxyl groups is 1. The number of aliphatic hydroxyl groups excluding tert-OH is 1. The molecule has 3 aliphatic rings. The van der Waals surface area contributed by atoms with Gasteiger partial charge in [-0.2, -0.15) is 0 Å². The van der Waals surface area contributed by atoms with Gasteiger partial charge in [0.05, 0.1) is 6.10 Å². The minimum Gasteiger partial charge on any atom is -0.461 e. The van der Waals surface area contributed by atoms with Crippen LogP contribution in [0.15, 0.2) is 46.8 Å². The van der Waals surface area contributed by atoms with Gasteiger partial charge in [0.25, 0.3) is 5.22 Å². The Bertz CT molecular complexity index is 1220. The van der Waals surface area contributed by atoms with Crippen LogP contribution < -0.4 is 0 Å². The van der Waals surface area contributed by atoms with Gasteiger partial charge in [-0.25, -0.2) is 0 Å². The molecular formula is C29H37N3O5S. The molecule has 0 aliphatic heterocycles. The lowest BCUT2D eigenvalue weighted by molar-refractivity contribution is -0.205. The first-order chi connectivity index (χ1) is 18.0. The first-order valence-corrected chi connectivity index (χ1v) is 14.4. The van der Waals surface area contributed by atoms with Crippen molar-refractivity contribution in [1.82, 2.24) is 15.2 Å². The van der Waals surface area contributed by atoms with Gasteiger partial charge in [0, 0.05) is 41.1 Å². The number of ketones is 1. The molecule has 2 bridgehead atoms. The Morgan fingerprint density at radius 1 is 1.26 bits per heavy atom. The van der Waals surface area contributed by atoms with Crippen molar-refractivity contribution in [3.05, 3.63) is 37.2 Å². The molecule has 9 heteroatoms. The Labute approximate surface area is 228 Å². The fourth-order valence-electron chi connectivity index (χ4n) is 7.69. The molecule has 3 aliphatic carbocycles. The van der Waals surface area contributed by atoms with Gasteiger partial charge >= 0.3 is 5.97 Å². The van der Waals surface area contributed by atoms with Crippen molar-refractivity contribution < 1.29 is 23.8 Å². The van der Waals surface area contributed by atoms with E-state index in [0.717, 1.165) is 36.6 Å². The molecule has 2 aromatic heterocycles. The number of carbonyl (C=O) groups is 2. The van der Waals surface area contributed by atoms with E-state index in [9.17, 15) is 14.7 Å². The molecule has 1 N–H and O–H groups in total. The molecule has 3 saturated carbocycles. The topological polar surface area (TPSA) is 115 Å². The number of hydrogen-bond acceptors (Lipinski definition) is 9. The minimum atomic E-state index is -0.688. The summed E-state index contributed by atoms with van der Waals surface area (Å²) < 4.78 is 12.0. The number of carbonyl (C=O) groups excluding carboxylic acids is 2. The summed E-state index contributed by atoms with van der Waals surface area (Å²) in [6.45, 7) is 12.5. The average molecular weight is 540 g/mol. The number of rotatable bonds is 6. The Morgan fingerprint density at radius 2 is 2.00 bits per heavy atom. The van der Waals surface area contributed by atoms with Gasteiger partial charge in [0.2, 0.25) is 5.89 Å². The molecule has 0 unspecified atom stereocenters. The molecule has 0 saturated heterocycles. The predicted octanol–water partition coefficient (Wildman–Crippen LogP) is 5.13. The van der Waals surface area contributed by atoms with Crippen LogP contribution >= 0.6 is 11.8 Å². The predicted molar refractivity (Wildman–Crippen MR) is 143 cm³/mol. The molecule has 5 rings (SSSR count). The molecule has 8 nitrogen and oxygen atoms in total. The maximum absolute atomic E-state index is 13.5. The molecule has 0 spiro atoms. The average Bonchev–Trinajstić information content (AvgIpc) is 3.54. The monoisotopic (exact) mass is 539 g/mol. The maximum atomic E-state index is 13.5. The first kappa shape index (κ1) is 27.1. The summed E-state index contributed by atoms with van der Waals surface area (Å²) >= 11 is 1.12. The zero-order chi connectivity index (χ0) is 27.3. The lowest BCUT2D eigenvalue weighted by atomic mass is 9.44. The summed E-state index contributed by atoms with van der Waals surface area (Å²) in [5, 5.41) is 20.0. The fourth-order valence-corrected chi connectivity index (χ4v) is 8.24. The summed E-state index contributed by atoms with van der Waals surface area (Å²) in [6, 6.07) is 3.54. The Hall–Kier alpha value is -2.52. The number of nitrogens with zero attached hydrogens (tertiary/aromatic N) is 3. The Balaban J connectivity index is 1.40. The van der Waals surface area contributed by atoms with Gasteiger partial charge in [-0.1, -0.05) is 45.5 Å². The number of esters is 1. The lowest BCUT2D eigenvalue weighted by Gasteiger charge is -2.61. The SMILES string of the molecule is C=C[C@]1(C)C[C@@H](OC(=O)CSc2nnc(-c3ccncc3)o2)[C@]2(C)[C@H](C)CC[C@]3(CCC(=O)[C@H]32)[C@@H](C)[C@@H]1O. The summed E-state index contributed by atoms with van der Waals surface area (Å²) in [5.41, 5.74) is -0.749. The molecule has 2 aromatic rings. The summed E-state index contributed by atoms with van der Waals surface area (Å²) in [7, 11) is 0. The van der Waals surface area contributed by atoms with Crippen LogP contribution in [0.5, 0.6) is 0 Å². The van der Waals surface area contributed by atoms with Crippen molar-refractivity contribution in [1.29, 1.82) is 0 Å². The zero-order valence-corrected chi connectivity index (χ0v) is 23.4. The molecular weight excluding hydrogens is 502 g/mol. The van der Waals surface area contributed by atoms with Crippen LogP contribution in [0.3, 0.4) is 0 Å². The highest BCUT2D eigenvalue weighted by Gasteiger charge is 2.68. The van der Waals surface area contributed by atoms with E-state index in [1.54, 1.807) is 30.6 Å².